The summed E-state index contributed by atoms with van der Waals surface area (Å²) in [4.78, 5) is 37.8. The smallest absolute Gasteiger partial charge is 0.336 e. The molecular formula is C31H38N2O4S. The maximum Gasteiger partial charge on any atom is 0.336 e. The Bertz CT molecular complexity index is 1300. The highest BCUT2D eigenvalue weighted by Crippen LogP contribution is 2.24. The van der Waals surface area contributed by atoms with Crippen LogP contribution in [0.5, 0.6) is 0 Å². The van der Waals surface area contributed by atoms with Crippen LogP contribution in [0.4, 0.5) is 0 Å². The molecule has 1 aromatic heterocycles. The molecule has 0 bridgehead atoms. The second-order valence-electron chi connectivity index (χ2n) is 10.1. The fraction of sp³-hybridized carbons (Fsp3) is 0.387. The van der Waals surface area contributed by atoms with Crippen molar-refractivity contribution in [2.45, 2.75) is 59.5 Å². The summed E-state index contributed by atoms with van der Waals surface area (Å²) in [5.41, 5.74) is 4.05. The molecule has 0 radical (unpaired) electrons. The maximum atomic E-state index is 13.5. The SMILES string of the molecule is CCCCc1ccc(CNC(=O)C(CS)CC(C)C)c(=O)n1Cc1ccc(-c2ccccc2C(=O)O)cc1. The number of nitrogens with zero attached hydrogens (tertiary/aromatic N) is 1. The topological polar surface area (TPSA) is 88.4 Å². The van der Waals surface area contributed by atoms with Crippen molar-refractivity contribution in [3.8, 4) is 11.1 Å². The van der Waals surface area contributed by atoms with Crippen LogP contribution in [-0.2, 0) is 24.3 Å². The predicted octanol–water partition coefficient (Wildman–Crippen LogP) is 5.81. The Hall–Kier alpha value is -3.32. The molecule has 38 heavy (non-hydrogen) atoms. The van der Waals surface area contributed by atoms with Crippen LogP contribution in [0.2, 0.25) is 0 Å². The van der Waals surface area contributed by atoms with Crippen LogP contribution in [0.25, 0.3) is 11.1 Å². The molecule has 2 N–H and O–H groups in total. The van der Waals surface area contributed by atoms with Gasteiger partial charge >= 0.3 is 5.97 Å². The van der Waals surface area contributed by atoms with Gasteiger partial charge in [0, 0.05) is 29.5 Å². The van der Waals surface area contributed by atoms with Gasteiger partial charge in [0.25, 0.3) is 5.56 Å². The highest BCUT2D eigenvalue weighted by atomic mass is 32.1. The highest BCUT2D eigenvalue weighted by Gasteiger charge is 2.19. The number of rotatable bonds is 13. The van der Waals surface area contributed by atoms with E-state index in [0.29, 0.717) is 29.3 Å². The van der Waals surface area contributed by atoms with Crippen LogP contribution in [0.15, 0.2) is 65.5 Å². The van der Waals surface area contributed by atoms with Gasteiger partial charge in [-0.15, -0.1) is 0 Å². The lowest BCUT2D eigenvalue weighted by atomic mass is 9.98. The third-order valence-corrected chi connectivity index (χ3v) is 7.13. The van der Waals surface area contributed by atoms with E-state index < -0.39 is 5.97 Å². The van der Waals surface area contributed by atoms with Gasteiger partial charge in [0.1, 0.15) is 0 Å². The second-order valence-corrected chi connectivity index (χ2v) is 10.5. The van der Waals surface area contributed by atoms with Crippen molar-refractivity contribution in [3.05, 3.63) is 93.4 Å². The van der Waals surface area contributed by atoms with Crippen LogP contribution in [-0.4, -0.2) is 27.3 Å². The average Bonchev–Trinajstić information content (AvgIpc) is 2.91. The number of aromatic nitrogens is 1. The Morgan fingerprint density at radius 2 is 1.74 bits per heavy atom. The molecule has 2 aromatic carbocycles. The number of carboxylic acid groups (broad SMARTS) is 1. The van der Waals surface area contributed by atoms with Gasteiger partial charge in [0.05, 0.1) is 12.1 Å². The largest absolute Gasteiger partial charge is 0.478 e. The van der Waals surface area contributed by atoms with Crippen LogP contribution in [0.1, 0.15) is 67.2 Å². The fourth-order valence-electron chi connectivity index (χ4n) is 4.60. The Labute approximate surface area is 230 Å². The quantitative estimate of drug-likeness (QED) is 0.241. The summed E-state index contributed by atoms with van der Waals surface area (Å²) >= 11 is 4.34. The fourth-order valence-corrected chi connectivity index (χ4v) is 4.91. The lowest BCUT2D eigenvalue weighted by Gasteiger charge is -2.18. The summed E-state index contributed by atoms with van der Waals surface area (Å²) in [5.74, 6) is -0.374. The van der Waals surface area contributed by atoms with Gasteiger partial charge in [0.15, 0.2) is 0 Å². The van der Waals surface area contributed by atoms with Gasteiger partial charge in [-0.2, -0.15) is 12.6 Å². The van der Waals surface area contributed by atoms with E-state index in [-0.39, 0.29) is 29.5 Å². The van der Waals surface area contributed by atoms with Crippen molar-refractivity contribution in [3.63, 3.8) is 0 Å². The summed E-state index contributed by atoms with van der Waals surface area (Å²) in [6.45, 7) is 6.85. The van der Waals surface area contributed by atoms with Gasteiger partial charge in [-0.3, -0.25) is 9.59 Å². The van der Waals surface area contributed by atoms with Crippen molar-refractivity contribution in [2.24, 2.45) is 11.8 Å². The van der Waals surface area contributed by atoms with E-state index in [1.165, 1.54) is 0 Å². The Balaban J connectivity index is 1.85. The van der Waals surface area contributed by atoms with Crippen LogP contribution in [0, 0.1) is 11.8 Å². The number of hydrogen-bond acceptors (Lipinski definition) is 4. The Kier molecular flexibility index (Phi) is 10.8. The summed E-state index contributed by atoms with van der Waals surface area (Å²) < 4.78 is 1.79. The molecule has 0 aliphatic rings. The zero-order valence-corrected chi connectivity index (χ0v) is 23.3. The van der Waals surface area contributed by atoms with Crippen molar-refractivity contribution >= 4 is 24.5 Å². The number of thiol groups is 1. The molecule has 1 amide bonds. The van der Waals surface area contributed by atoms with E-state index in [1.54, 1.807) is 22.8 Å². The van der Waals surface area contributed by atoms with E-state index in [9.17, 15) is 19.5 Å². The summed E-state index contributed by atoms with van der Waals surface area (Å²) in [6.07, 6.45) is 3.53. The van der Waals surface area contributed by atoms with Crippen molar-refractivity contribution in [1.82, 2.24) is 9.88 Å². The molecule has 1 heterocycles. The summed E-state index contributed by atoms with van der Waals surface area (Å²) in [7, 11) is 0. The number of amides is 1. The van der Waals surface area contributed by atoms with Crippen molar-refractivity contribution in [1.29, 1.82) is 0 Å². The Morgan fingerprint density at radius 3 is 2.37 bits per heavy atom. The number of benzene rings is 2. The maximum absolute atomic E-state index is 13.5. The normalized spacial score (nSPS) is 11.9. The predicted molar refractivity (Wildman–Crippen MR) is 156 cm³/mol. The van der Waals surface area contributed by atoms with E-state index in [1.807, 2.05) is 42.5 Å². The van der Waals surface area contributed by atoms with E-state index in [2.05, 4.69) is 38.7 Å². The number of carbonyl (C=O) groups is 2. The van der Waals surface area contributed by atoms with Gasteiger partial charge < -0.3 is 15.0 Å². The lowest BCUT2D eigenvalue weighted by molar-refractivity contribution is -0.124. The Morgan fingerprint density at radius 1 is 1.03 bits per heavy atom. The number of pyridine rings is 1. The second kappa shape index (κ2) is 14.0. The van der Waals surface area contributed by atoms with E-state index in [0.717, 1.165) is 42.5 Å². The lowest BCUT2D eigenvalue weighted by Crippen LogP contribution is -2.35. The third-order valence-electron chi connectivity index (χ3n) is 6.69. The van der Waals surface area contributed by atoms with Gasteiger partial charge in [-0.05, 0) is 60.1 Å². The van der Waals surface area contributed by atoms with Crippen molar-refractivity contribution in [2.75, 3.05) is 5.75 Å². The molecule has 0 spiro atoms. The molecule has 3 rings (SSSR count). The number of carboxylic acids is 1. The van der Waals surface area contributed by atoms with Gasteiger partial charge in [-0.25, -0.2) is 4.79 Å². The van der Waals surface area contributed by atoms with E-state index >= 15 is 0 Å². The minimum atomic E-state index is -0.967. The zero-order chi connectivity index (χ0) is 27.7. The van der Waals surface area contributed by atoms with Crippen molar-refractivity contribution < 1.29 is 14.7 Å². The number of nitrogens with one attached hydrogen (secondary N) is 1. The number of hydrogen-bond donors (Lipinski definition) is 3. The standard InChI is InChI=1S/C31H38N2O4S/c1-4-5-8-26-16-15-24(18-32-29(34)25(20-38)17-21(2)3)30(35)33(26)19-22-11-13-23(14-12-22)27-9-6-7-10-28(27)31(36)37/h6-7,9-16,21,25,38H,4-5,8,17-20H2,1-3H3,(H,32,34)(H,36,37). The third kappa shape index (κ3) is 7.60. The summed E-state index contributed by atoms with van der Waals surface area (Å²) in [5, 5.41) is 12.5. The molecule has 0 aliphatic heterocycles. The summed E-state index contributed by atoms with van der Waals surface area (Å²) in [6, 6.07) is 18.4. The monoisotopic (exact) mass is 534 g/mol. The minimum Gasteiger partial charge on any atom is -0.478 e. The average molecular weight is 535 g/mol. The molecular weight excluding hydrogens is 496 g/mol. The first-order valence-corrected chi connectivity index (χ1v) is 13.9. The van der Waals surface area contributed by atoms with E-state index in [4.69, 9.17) is 0 Å². The number of aromatic carboxylic acids is 1. The first-order chi connectivity index (χ1) is 18.2. The van der Waals surface area contributed by atoms with Crippen LogP contribution < -0.4 is 10.9 Å². The first kappa shape index (κ1) is 29.2. The number of aryl methyl sites for hydroxylation is 1. The molecule has 1 atom stereocenters. The minimum absolute atomic E-state index is 0.0769. The molecule has 6 nitrogen and oxygen atoms in total. The molecule has 202 valence electrons. The zero-order valence-electron chi connectivity index (χ0n) is 22.4. The first-order valence-electron chi connectivity index (χ1n) is 13.3. The van der Waals surface area contributed by atoms with Crippen LogP contribution >= 0.6 is 12.6 Å². The van der Waals surface area contributed by atoms with Gasteiger partial charge in [0.2, 0.25) is 5.91 Å². The molecule has 3 aromatic rings. The highest BCUT2D eigenvalue weighted by molar-refractivity contribution is 7.80. The van der Waals surface area contributed by atoms with Gasteiger partial charge in [-0.1, -0.05) is 69.7 Å². The number of unbranched alkanes of at least 4 members (excludes halogenated alkanes) is 1. The number of carbonyl (C=O) groups excluding carboxylic acids is 1. The molecule has 1 unspecified atom stereocenters. The van der Waals surface area contributed by atoms with Crippen LogP contribution in [0.3, 0.4) is 0 Å². The molecule has 0 aliphatic carbocycles. The molecule has 7 heteroatoms. The molecule has 0 saturated carbocycles. The molecule has 0 saturated heterocycles. The molecule has 0 fully saturated rings.